The van der Waals surface area contributed by atoms with Crippen molar-refractivity contribution < 1.29 is 31.5 Å². The molecular formula is C20H22F5N3O2. The first-order chi connectivity index (χ1) is 14.2. The molecule has 2 N–H and O–H groups in total. The van der Waals surface area contributed by atoms with E-state index in [0.29, 0.717) is 25.7 Å². The standard InChI is InChI=1S/C20H22F5N3O2/c1-10(18(22)23)27-13-2-4-14(5-3-13)28-19(29)12-6-11-7-15(21)17(30-20(24)25)8-16(11)26-9-12/h6-10,13-14,18,20,27H,2-5H2,1H3,(H,28,29)/t10-,13?,14?/m0/s1. The molecule has 1 aliphatic carbocycles. The molecule has 30 heavy (non-hydrogen) atoms. The second-order valence-corrected chi connectivity index (χ2v) is 7.39. The van der Waals surface area contributed by atoms with Crippen molar-refractivity contribution in [2.45, 2.75) is 63.8 Å². The average Bonchev–Trinajstić information content (AvgIpc) is 2.69. The van der Waals surface area contributed by atoms with Crippen LogP contribution in [0.1, 0.15) is 43.0 Å². The Morgan fingerprint density at radius 1 is 1.10 bits per heavy atom. The van der Waals surface area contributed by atoms with E-state index in [2.05, 4.69) is 20.4 Å². The molecule has 10 heteroatoms. The highest BCUT2D eigenvalue weighted by atomic mass is 19.3. The Labute approximate surface area is 170 Å². The Balaban J connectivity index is 1.60. The number of carbonyl (C=O) groups excluding carboxylic acids is 1. The molecule has 1 aliphatic rings. The highest BCUT2D eigenvalue weighted by Gasteiger charge is 2.26. The molecule has 1 aromatic carbocycles. The van der Waals surface area contributed by atoms with Gasteiger partial charge in [-0.1, -0.05) is 0 Å². The van der Waals surface area contributed by atoms with Crippen molar-refractivity contribution in [2.24, 2.45) is 0 Å². The Morgan fingerprint density at radius 2 is 1.77 bits per heavy atom. The largest absolute Gasteiger partial charge is 0.432 e. The molecule has 5 nitrogen and oxygen atoms in total. The third-order valence-corrected chi connectivity index (χ3v) is 5.15. The number of halogens is 5. The van der Waals surface area contributed by atoms with Crippen LogP contribution in [0.25, 0.3) is 10.9 Å². The number of nitrogens with one attached hydrogen (secondary N) is 2. The number of nitrogens with zero attached hydrogens (tertiary/aromatic N) is 1. The number of hydrogen-bond acceptors (Lipinski definition) is 4. The lowest BCUT2D eigenvalue weighted by Crippen LogP contribution is -2.46. The predicted molar refractivity (Wildman–Crippen MR) is 100 cm³/mol. The Bertz CT molecular complexity index is 888. The zero-order valence-electron chi connectivity index (χ0n) is 16.2. The van der Waals surface area contributed by atoms with Gasteiger partial charge in [-0.3, -0.25) is 9.78 Å². The maximum Gasteiger partial charge on any atom is 0.387 e. The topological polar surface area (TPSA) is 63.2 Å². The number of alkyl halides is 4. The number of carbonyl (C=O) groups is 1. The molecule has 1 fully saturated rings. The van der Waals surface area contributed by atoms with Gasteiger partial charge in [0.2, 0.25) is 0 Å². The second kappa shape index (κ2) is 9.55. The van der Waals surface area contributed by atoms with E-state index in [1.165, 1.54) is 19.2 Å². The quantitative estimate of drug-likeness (QED) is 0.643. The van der Waals surface area contributed by atoms with Gasteiger partial charge in [-0.15, -0.1) is 0 Å². The maximum absolute atomic E-state index is 13.9. The first-order valence-electron chi connectivity index (χ1n) is 9.62. The van der Waals surface area contributed by atoms with Gasteiger partial charge in [-0.05, 0) is 44.7 Å². The van der Waals surface area contributed by atoms with Gasteiger partial charge in [0, 0.05) is 29.7 Å². The summed E-state index contributed by atoms with van der Waals surface area (Å²) >= 11 is 0. The predicted octanol–water partition coefficient (Wildman–Crippen LogP) is 4.26. The van der Waals surface area contributed by atoms with E-state index in [1.54, 1.807) is 0 Å². The summed E-state index contributed by atoms with van der Waals surface area (Å²) in [5, 5.41) is 6.05. The zero-order valence-corrected chi connectivity index (χ0v) is 16.2. The van der Waals surface area contributed by atoms with Crippen molar-refractivity contribution in [1.29, 1.82) is 0 Å². The summed E-state index contributed by atoms with van der Waals surface area (Å²) in [7, 11) is 0. The van der Waals surface area contributed by atoms with Crippen LogP contribution in [0.15, 0.2) is 24.4 Å². The van der Waals surface area contributed by atoms with Crippen molar-refractivity contribution in [3.05, 3.63) is 35.8 Å². The molecule has 1 heterocycles. The summed E-state index contributed by atoms with van der Waals surface area (Å²) in [5.41, 5.74) is 0.416. The third kappa shape index (κ3) is 5.56. The van der Waals surface area contributed by atoms with Crippen LogP contribution in [0.3, 0.4) is 0 Å². The van der Waals surface area contributed by atoms with E-state index in [1.807, 2.05) is 0 Å². The third-order valence-electron chi connectivity index (χ3n) is 5.15. The molecule has 0 bridgehead atoms. The SMILES string of the molecule is C[C@H](NC1CCC(NC(=O)c2cnc3cc(OC(F)F)c(F)cc3c2)CC1)C(F)F. The molecule has 1 saturated carbocycles. The second-order valence-electron chi connectivity index (χ2n) is 7.39. The van der Waals surface area contributed by atoms with Gasteiger partial charge in [0.1, 0.15) is 0 Å². The molecule has 3 rings (SSSR count). The van der Waals surface area contributed by atoms with Gasteiger partial charge < -0.3 is 15.4 Å². The van der Waals surface area contributed by atoms with Crippen LogP contribution in [0.5, 0.6) is 5.75 Å². The summed E-state index contributed by atoms with van der Waals surface area (Å²) in [6, 6.07) is 2.45. The molecule has 164 valence electrons. The fourth-order valence-electron chi connectivity index (χ4n) is 3.56. The van der Waals surface area contributed by atoms with Crippen LogP contribution in [0.4, 0.5) is 22.0 Å². The average molecular weight is 431 g/mol. The number of rotatable bonds is 7. The van der Waals surface area contributed by atoms with Gasteiger partial charge >= 0.3 is 6.61 Å². The smallest absolute Gasteiger partial charge is 0.387 e. The fourth-order valence-corrected chi connectivity index (χ4v) is 3.56. The van der Waals surface area contributed by atoms with E-state index < -0.39 is 36.6 Å². The number of benzene rings is 1. The summed E-state index contributed by atoms with van der Waals surface area (Å²) in [6.07, 6.45) is 1.46. The molecule has 0 unspecified atom stereocenters. The Hall–Kier alpha value is -2.49. The molecule has 1 aromatic heterocycles. The van der Waals surface area contributed by atoms with Crippen molar-refractivity contribution in [1.82, 2.24) is 15.6 Å². The highest BCUT2D eigenvalue weighted by Crippen LogP contribution is 2.26. The van der Waals surface area contributed by atoms with Gasteiger partial charge in [-0.2, -0.15) is 8.78 Å². The van der Waals surface area contributed by atoms with Crippen LogP contribution in [-0.2, 0) is 0 Å². The molecule has 0 spiro atoms. The van der Waals surface area contributed by atoms with E-state index in [9.17, 15) is 26.7 Å². The van der Waals surface area contributed by atoms with E-state index in [0.717, 1.165) is 12.1 Å². The van der Waals surface area contributed by atoms with Gasteiger partial charge in [-0.25, -0.2) is 13.2 Å². The summed E-state index contributed by atoms with van der Waals surface area (Å²) in [4.78, 5) is 16.6. The van der Waals surface area contributed by atoms with Gasteiger partial charge in [0.15, 0.2) is 11.6 Å². The zero-order chi connectivity index (χ0) is 21.8. The molecule has 1 atom stereocenters. The summed E-state index contributed by atoms with van der Waals surface area (Å²) in [5.74, 6) is -1.99. The fraction of sp³-hybridized carbons (Fsp3) is 0.500. The van der Waals surface area contributed by atoms with Crippen LogP contribution in [0, 0.1) is 5.82 Å². The van der Waals surface area contributed by atoms with Crippen LogP contribution in [0.2, 0.25) is 0 Å². The van der Waals surface area contributed by atoms with E-state index in [-0.39, 0.29) is 28.6 Å². The normalized spacial score (nSPS) is 20.5. The number of aromatic nitrogens is 1. The lowest BCUT2D eigenvalue weighted by atomic mass is 9.90. The minimum atomic E-state index is -3.16. The van der Waals surface area contributed by atoms with E-state index >= 15 is 0 Å². The first-order valence-corrected chi connectivity index (χ1v) is 9.62. The van der Waals surface area contributed by atoms with Crippen molar-refractivity contribution in [2.75, 3.05) is 0 Å². The minimum absolute atomic E-state index is 0.0166. The minimum Gasteiger partial charge on any atom is -0.432 e. The van der Waals surface area contributed by atoms with Crippen molar-refractivity contribution in [3.63, 3.8) is 0 Å². The maximum atomic E-state index is 13.9. The van der Waals surface area contributed by atoms with E-state index in [4.69, 9.17) is 0 Å². The van der Waals surface area contributed by atoms with Crippen LogP contribution < -0.4 is 15.4 Å². The molecule has 1 amide bonds. The molecule has 0 saturated heterocycles. The molecule has 0 radical (unpaired) electrons. The van der Waals surface area contributed by atoms with Crippen molar-refractivity contribution >= 4 is 16.8 Å². The lowest BCUT2D eigenvalue weighted by Gasteiger charge is -2.31. The van der Waals surface area contributed by atoms with Gasteiger partial charge in [0.25, 0.3) is 12.3 Å². The Morgan fingerprint density at radius 3 is 2.40 bits per heavy atom. The highest BCUT2D eigenvalue weighted by molar-refractivity contribution is 5.97. The van der Waals surface area contributed by atoms with Crippen molar-refractivity contribution in [3.8, 4) is 5.75 Å². The molecular weight excluding hydrogens is 409 g/mol. The van der Waals surface area contributed by atoms with Gasteiger partial charge in [0.05, 0.1) is 17.1 Å². The Kier molecular flexibility index (Phi) is 7.06. The summed E-state index contributed by atoms with van der Waals surface area (Å²) in [6.45, 7) is -1.72. The number of ether oxygens (including phenoxy) is 1. The number of fused-ring (bicyclic) bond motifs is 1. The number of amides is 1. The molecule has 0 aliphatic heterocycles. The van der Waals surface area contributed by atoms with Crippen LogP contribution in [-0.4, -0.2) is 42.1 Å². The number of hydrogen-bond donors (Lipinski definition) is 2. The monoisotopic (exact) mass is 431 g/mol. The number of pyridine rings is 1. The lowest BCUT2D eigenvalue weighted by molar-refractivity contribution is -0.0520. The summed E-state index contributed by atoms with van der Waals surface area (Å²) < 4.78 is 67.9. The van der Waals surface area contributed by atoms with Crippen LogP contribution >= 0.6 is 0 Å². The first kappa shape index (κ1) is 22.2. The molecule has 2 aromatic rings.